The number of ether oxygens (including phenoxy) is 1. The molecule has 0 bridgehead atoms. The summed E-state index contributed by atoms with van der Waals surface area (Å²) in [4.78, 5) is 10.8. The Morgan fingerprint density at radius 1 is 1.54 bits per heavy atom. The van der Waals surface area contributed by atoms with Gasteiger partial charge in [-0.3, -0.25) is 4.79 Å². The monoisotopic (exact) mass is 185 g/mol. The van der Waals surface area contributed by atoms with E-state index in [4.69, 9.17) is 4.74 Å². The van der Waals surface area contributed by atoms with Crippen molar-refractivity contribution in [1.29, 1.82) is 0 Å². The zero-order valence-corrected chi connectivity index (χ0v) is 8.34. The second kappa shape index (κ2) is 5.97. The lowest BCUT2D eigenvalue weighted by atomic mass is 10.0. The molecule has 3 nitrogen and oxygen atoms in total. The van der Waals surface area contributed by atoms with Crippen LogP contribution in [0.1, 0.15) is 39.0 Å². The first-order chi connectivity index (χ1) is 6.33. The summed E-state index contributed by atoms with van der Waals surface area (Å²) in [5, 5.41) is 3.42. The third kappa shape index (κ3) is 4.27. The number of rotatable bonds is 4. The van der Waals surface area contributed by atoms with Crippen LogP contribution in [0.25, 0.3) is 0 Å². The van der Waals surface area contributed by atoms with E-state index in [1.54, 1.807) is 0 Å². The van der Waals surface area contributed by atoms with Crippen molar-refractivity contribution < 1.29 is 9.53 Å². The van der Waals surface area contributed by atoms with Gasteiger partial charge in [0.2, 0.25) is 0 Å². The van der Waals surface area contributed by atoms with Crippen LogP contribution >= 0.6 is 0 Å². The molecule has 1 N–H and O–H groups in total. The lowest BCUT2D eigenvalue weighted by Crippen LogP contribution is -2.34. The minimum atomic E-state index is -0.0872. The summed E-state index contributed by atoms with van der Waals surface area (Å²) in [6.07, 6.45) is 5.26. The zero-order valence-electron chi connectivity index (χ0n) is 8.34. The number of nitrogens with one attached hydrogen (secondary N) is 1. The minimum Gasteiger partial charge on any atom is -0.466 e. The Morgan fingerprint density at radius 2 is 2.38 bits per heavy atom. The molecule has 1 rings (SSSR count). The van der Waals surface area contributed by atoms with E-state index in [9.17, 15) is 4.79 Å². The standard InChI is InChI=1S/C10H19NO2/c1-2-10(12)13-8-6-9-5-3-4-7-11-9/h9,11H,2-8H2,1H3. The lowest BCUT2D eigenvalue weighted by Gasteiger charge is -2.22. The van der Waals surface area contributed by atoms with Crippen molar-refractivity contribution in [2.24, 2.45) is 0 Å². The number of piperidine rings is 1. The maximum absolute atomic E-state index is 10.8. The van der Waals surface area contributed by atoms with E-state index in [0.717, 1.165) is 13.0 Å². The molecule has 76 valence electrons. The summed E-state index contributed by atoms with van der Waals surface area (Å²) in [6.45, 7) is 3.51. The molecular weight excluding hydrogens is 166 g/mol. The van der Waals surface area contributed by atoms with E-state index in [1.807, 2.05) is 6.92 Å². The molecule has 0 aromatic carbocycles. The molecule has 1 heterocycles. The normalized spacial score (nSPS) is 22.7. The third-order valence-electron chi connectivity index (χ3n) is 2.43. The van der Waals surface area contributed by atoms with Gasteiger partial charge in [0.25, 0.3) is 0 Å². The minimum absolute atomic E-state index is 0.0872. The third-order valence-corrected chi connectivity index (χ3v) is 2.43. The Morgan fingerprint density at radius 3 is 3.00 bits per heavy atom. The molecular formula is C10H19NO2. The van der Waals surface area contributed by atoms with Gasteiger partial charge in [0.1, 0.15) is 0 Å². The van der Waals surface area contributed by atoms with Crippen molar-refractivity contribution in [2.75, 3.05) is 13.2 Å². The molecule has 0 amide bonds. The topological polar surface area (TPSA) is 38.3 Å². The largest absolute Gasteiger partial charge is 0.466 e. The number of carbonyl (C=O) groups is 1. The first kappa shape index (κ1) is 10.5. The molecule has 0 radical (unpaired) electrons. The van der Waals surface area contributed by atoms with Crippen molar-refractivity contribution in [3.63, 3.8) is 0 Å². The Kier molecular flexibility index (Phi) is 4.83. The fraction of sp³-hybridized carbons (Fsp3) is 0.900. The predicted octanol–water partition coefficient (Wildman–Crippen LogP) is 1.47. The average Bonchev–Trinajstić information content (AvgIpc) is 2.19. The quantitative estimate of drug-likeness (QED) is 0.674. The van der Waals surface area contributed by atoms with Gasteiger partial charge in [-0.05, 0) is 25.8 Å². The second-order valence-electron chi connectivity index (χ2n) is 3.51. The van der Waals surface area contributed by atoms with E-state index in [-0.39, 0.29) is 5.97 Å². The molecule has 0 spiro atoms. The molecule has 1 fully saturated rings. The molecule has 0 saturated carbocycles. The summed E-state index contributed by atoms with van der Waals surface area (Å²) in [5.74, 6) is -0.0872. The van der Waals surface area contributed by atoms with Crippen LogP contribution in [-0.4, -0.2) is 25.2 Å². The van der Waals surface area contributed by atoms with Gasteiger partial charge in [-0.15, -0.1) is 0 Å². The van der Waals surface area contributed by atoms with E-state index in [2.05, 4.69) is 5.32 Å². The predicted molar refractivity (Wildman–Crippen MR) is 51.5 cm³/mol. The van der Waals surface area contributed by atoms with E-state index in [1.165, 1.54) is 19.3 Å². The summed E-state index contributed by atoms with van der Waals surface area (Å²) in [5.41, 5.74) is 0. The van der Waals surface area contributed by atoms with Crippen molar-refractivity contribution in [3.8, 4) is 0 Å². The molecule has 0 aromatic heterocycles. The molecule has 1 saturated heterocycles. The van der Waals surface area contributed by atoms with Gasteiger partial charge in [-0.1, -0.05) is 13.3 Å². The fourth-order valence-electron chi connectivity index (χ4n) is 1.59. The number of carbonyl (C=O) groups excluding carboxylic acids is 1. The number of hydrogen-bond donors (Lipinski definition) is 1. The maximum Gasteiger partial charge on any atom is 0.305 e. The maximum atomic E-state index is 10.8. The van der Waals surface area contributed by atoms with Crippen LogP contribution in [0.5, 0.6) is 0 Å². The van der Waals surface area contributed by atoms with Gasteiger partial charge in [-0.25, -0.2) is 0 Å². The van der Waals surface area contributed by atoms with Gasteiger partial charge in [0.05, 0.1) is 6.61 Å². The van der Waals surface area contributed by atoms with Gasteiger partial charge in [0.15, 0.2) is 0 Å². The number of hydrogen-bond acceptors (Lipinski definition) is 3. The smallest absolute Gasteiger partial charge is 0.305 e. The van der Waals surface area contributed by atoms with Crippen LogP contribution in [0.15, 0.2) is 0 Å². The van der Waals surface area contributed by atoms with Crippen LogP contribution in [-0.2, 0) is 9.53 Å². The first-order valence-electron chi connectivity index (χ1n) is 5.22. The van der Waals surface area contributed by atoms with Gasteiger partial charge >= 0.3 is 5.97 Å². The van der Waals surface area contributed by atoms with E-state index < -0.39 is 0 Å². The molecule has 1 aliphatic rings. The van der Waals surface area contributed by atoms with Crippen molar-refractivity contribution in [1.82, 2.24) is 5.32 Å². The van der Waals surface area contributed by atoms with Crippen LogP contribution in [0.4, 0.5) is 0 Å². The fourth-order valence-corrected chi connectivity index (χ4v) is 1.59. The SMILES string of the molecule is CCC(=O)OCCC1CCCCN1. The highest BCUT2D eigenvalue weighted by atomic mass is 16.5. The van der Waals surface area contributed by atoms with Gasteiger partial charge in [-0.2, -0.15) is 0 Å². The van der Waals surface area contributed by atoms with Crippen LogP contribution < -0.4 is 5.32 Å². The highest BCUT2D eigenvalue weighted by Gasteiger charge is 2.12. The van der Waals surface area contributed by atoms with Crippen LogP contribution in [0.3, 0.4) is 0 Å². The Labute approximate surface area is 79.8 Å². The average molecular weight is 185 g/mol. The zero-order chi connectivity index (χ0) is 9.52. The molecule has 1 unspecified atom stereocenters. The van der Waals surface area contributed by atoms with Crippen molar-refractivity contribution in [2.45, 2.75) is 45.1 Å². The van der Waals surface area contributed by atoms with Crippen LogP contribution in [0, 0.1) is 0 Å². The Balaban J connectivity index is 2.01. The summed E-state index contributed by atoms with van der Waals surface area (Å²) in [6, 6.07) is 0.568. The Hall–Kier alpha value is -0.570. The second-order valence-corrected chi connectivity index (χ2v) is 3.51. The summed E-state index contributed by atoms with van der Waals surface area (Å²) < 4.78 is 5.01. The van der Waals surface area contributed by atoms with Crippen molar-refractivity contribution >= 4 is 5.97 Å². The van der Waals surface area contributed by atoms with E-state index in [0.29, 0.717) is 19.1 Å². The molecule has 13 heavy (non-hydrogen) atoms. The van der Waals surface area contributed by atoms with Crippen molar-refractivity contribution in [3.05, 3.63) is 0 Å². The molecule has 3 heteroatoms. The van der Waals surface area contributed by atoms with Crippen LogP contribution in [0.2, 0.25) is 0 Å². The van der Waals surface area contributed by atoms with E-state index >= 15 is 0 Å². The summed E-state index contributed by atoms with van der Waals surface area (Å²) >= 11 is 0. The number of esters is 1. The highest BCUT2D eigenvalue weighted by Crippen LogP contribution is 2.09. The van der Waals surface area contributed by atoms with Gasteiger partial charge in [0, 0.05) is 12.5 Å². The Bertz CT molecular complexity index is 153. The highest BCUT2D eigenvalue weighted by molar-refractivity contribution is 5.68. The summed E-state index contributed by atoms with van der Waals surface area (Å²) in [7, 11) is 0. The molecule has 0 aliphatic carbocycles. The van der Waals surface area contributed by atoms with Gasteiger partial charge < -0.3 is 10.1 Å². The molecule has 1 aliphatic heterocycles. The molecule has 1 atom stereocenters. The lowest BCUT2D eigenvalue weighted by molar-refractivity contribution is -0.143. The first-order valence-corrected chi connectivity index (χ1v) is 5.22. The molecule has 0 aromatic rings.